The van der Waals surface area contributed by atoms with Gasteiger partial charge in [0.2, 0.25) is 0 Å². The first-order valence-corrected chi connectivity index (χ1v) is 8.33. The number of carbonyl (C=O) groups is 2. The van der Waals surface area contributed by atoms with E-state index in [1.54, 1.807) is 30.3 Å². The van der Waals surface area contributed by atoms with Crippen molar-refractivity contribution in [1.29, 1.82) is 0 Å². The van der Waals surface area contributed by atoms with E-state index < -0.39 is 18.2 Å². The standard InChI is InChI=1S/C21H14F3NO4/c22-21(23,24)29-16-9-6-13(7-10-16)15-8-11-17(20(27)28)18(12-15)25-19(26)14-4-2-1-3-5-14/h1-12H,(H,25,26)(H,27,28). The number of carboxylic acid groups (broad SMARTS) is 1. The van der Waals surface area contributed by atoms with Crippen molar-refractivity contribution in [1.82, 2.24) is 0 Å². The molecule has 5 nitrogen and oxygen atoms in total. The van der Waals surface area contributed by atoms with E-state index in [0.717, 1.165) is 12.1 Å². The van der Waals surface area contributed by atoms with Gasteiger partial charge in [-0.3, -0.25) is 4.79 Å². The van der Waals surface area contributed by atoms with Crippen molar-refractivity contribution >= 4 is 17.6 Å². The smallest absolute Gasteiger partial charge is 0.478 e. The Labute approximate surface area is 163 Å². The highest BCUT2D eigenvalue weighted by molar-refractivity contribution is 6.08. The Morgan fingerprint density at radius 2 is 1.48 bits per heavy atom. The quantitative estimate of drug-likeness (QED) is 0.616. The predicted octanol–water partition coefficient (Wildman–Crippen LogP) is 5.20. The zero-order valence-corrected chi connectivity index (χ0v) is 14.7. The maximum absolute atomic E-state index is 12.4. The molecule has 0 saturated heterocycles. The second-order valence-electron chi connectivity index (χ2n) is 5.96. The van der Waals surface area contributed by atoms with Crippen LogP contribution in [0.1, 0.15) is 20.7 Å². The number of hydrogen-bond acceptors (Lipinski definition) is 3. The molecule has 0 heterocycles. The van der Waals surface area contributed by atoms with Gasteiger partial charge in [-0.25, -0.2) is 4.79 Å². The molecule has 0 atom stereocenters. The van der Waals surface area contributed by atoms with Gasteiger partial charge in [-0.2, -0.15) is 0 Å². The third-order valence-electron chi connectivity index (χ3n) is 3.96. The van der Waals surface area contributed by atoms with Crippen LogP contribution in [0.25, 0.3) is 11.1 Å². The molecule has 3 aromatic carbocycles. The molecule has 2 N–H and O–H groups in total. The van der Waals surface area contributed by atoms with Crippen LogP contribution in [0.5, 0.6) is 5.75 Å². The first-order valence-electron chi connectivity index (χ1n) is 8.33. The predicted molar refractivity (Wildman–Crippen MR) is 99.9 cm³/mol. The van der Waals surface area contributed by atoms with Crippen LogP contribution >= 0.6 is 0 Å². The number of rotatable bonds is 5. The number of hydrogen-bond donors (Lipinski definition) is 2. The Hall–Kier alpha value is -3.81. The summed E-state index contributed by atoms with van der Waals surface area (Å²) in [5.41, 5.74) is 1.33. The van der Waals surface area contributed by atoms with Gasteiger partial charge in [0.05, 0.1) is 11.3 Å². The summed E-state index contributed by atoms with van der Waals surface area (Å²) in [5, 5.41) is 11.9. The average Bonchev–Trinajstić information content (AvgIpc) is 2.68. The van der Waals surface area contributed by atoms with Crippen LogP contribution in [0.3, 0.4) is 0 Å². The highest BCUT2D eigenvalue weighted by atomic mass is 19.4. The van der Waals surface area contributed by atoms with E-state index in [4.69, 9.17) is 0 Å². The molecule has 0 fully saturated rings. The summed E-state index contributed by atoms with van der Waals surface area (Å²) in [4.78, 5) is 23.9. The molecule has 8 heteroatoms. The van der Waals surface area contributed by atoms with Crippen LogP contribution in [0, 0.1) is 0 Å². The maximum atomic E-state index is 12.4. The highest BCUT2D eigenvalue weighted by Gasteiger charge is 2.31. The molecule has 0 spiro atoms. The van der Waals surface area contributed by atoms with E-state index in [0.29, 0.717) is 16.7 Å². The van der Waals surface area contributed by atoms with Crippen LogP contribution in [0.15, 0.2) is 72.8 Å². The van der Waals surface area contributed by atoms with Gasteiger partial charge < -0.3 is 15.2 Å². The van der Waals surface area contributed by atoms with Crippen molar-refractivity contribution in [3.05, 3.63) is 83.9 Å². The lowest BCUT2D eigenvalue weighted by Gasteiger charge is -2.12. The second kappa shape index (κ2) is 8.05. The molecule has 0 aliphatic carbocycles. The van der Waals surface area contributed by atoms with E-state index in [9.17, 15) is 27.9 Å². The lowest BCUT2D eigenvalue weighted by molar-refractivity contribution is -0.274. The van der Waals surface area contributed by atoms with Gasteiger partial charge >= 0.3 is 12.3 Å². The van der Waals surface area contributed by atoms with Crippen molar-refractivity contribution < 1.29 is 32.6 Å². The molecule has 0 radical (unpaired) electrons. The normalized spacial score (nSPS) is 11.0. The van der Waals surface area contributed by atoms with Crippen molar-refractivity contribution in [2.45, 2.75) is 6.36 Å². The van der Waals surface area contributed by atoms with E-state index >= 15 is 0 Å². The van der Waals surface area contributed by atoms with Crippen molar-refractivity contribution in [2.75, 3.05) is 5.32 Å². The van der Waals surface area contributed by atoms with Crippen molar-refractivity contribution in [2.24, 2.45) is 0 Å². The number of anilines is 1. The fraction of sp³-hybridized carbons (Fsp3) is 0.0476. The Balaban J connectivity index is 1.90. The van der Waals surface area contributed by atoms with Crippen LogP contribution in [0.2, 0.25) is 0 Å². The molecule has 148 valence electrons. The van der Waals surface area contributed by atoms with Gasteiger partial charge in [0.25, 0.3) is 5.91 Å². The molecule has 0 bridgehead atoms. The Morgan fingerprint density at radius 3 is 2.07 bits per heavy atom. The molecule has 3 rings (SSSR count). The fourth-order valence-electron chi connectivity index (χ4n) is 2.65. The number of nitrogens with one attached hydrogen (secondary N) is 1. The molecule has 0 aromatic heterocycles. The topological polar surface area (TPSA) is 75.6 Å². The molecule has 0 aliphatic rings. The number of halogens is 3. The Morgan fingerprint density at radius 1 is 0.862 bits per heavy atom. The number of carbonyl (C=O) groups excluding carboxylic acids is 1. The third kappa shape index (κ3) is 5.13. The Bertz CT molecular complexity index is 1030. The number of benzene rings is 3. The first-order chi connectivity index (χ1) is 13.7. The van der Waals surface area contributed by atoms with Crippen LogP contribution in [-0.2, 0) is 0 Å². The fourth-order valence-corrected chi connectivity index (χ4v) is 2.65. The molecule has 0 unspecified atom stereocenters. The summed E-state index contributed by atoms with van der Waals surface area (Å²) >= 11 is 0. The van der Waals surface area contributed by atoms with E-state index in [1.807, 2.05) is 0 Å². The molecule has 1 amide bonds. The van der Waals surface area contributed by atoms with Gasteiger partial charge in [0, 0.05) is 5.56 Å². The molecule has 0 aliphatic heterocycles. The largest absolute Gasteiger partial charge is 0.573 e. The zero-order chi connectivity index (χ0) is 21.0. The van der Waals surface area contributed by atoms with Crippen LogP contribution in [-0.4, -0.2) is 23.3 Å². The summed E-state index contributed by atoms with van der Waals surface area (Å²) in [7, 11) is 0. The number of alkyl halides is 3. The summed E-state index contributed by atoms with van der Waals surface area (Å²) < 4.78 is 40.7. The molecule has 0 saturated carbocycles. The first kappa shape index (κ1) is 19.9. The zero-order valence-electron chi connectivity index (χ0n) is 14.7. The lowest BCUT2D eigenvalue weighted by Crippen LogP contribution is -2.16. The minimum Gasteiger partial charge on any atom is -0.478 e. The van der Waals surface area contributed by atoms with E-state index in [1.165, 1.54) is 30.3 Å². The monoisotopic (exact) mass is 401 g/mol. The minimum atomic E-state index is -4.79. The highest BCUT2D eigenvalue weighted by Crippen LogP contribution is 2.29. The molecule has 29 heavy (non-hydrogen) atoms. The van der Waals surface area contributed by atoms with Crippen molar-refractivity contribution in [3.8, 4) is 16.9 Å². The summed E-state index contributed by atoms with van der Waals surface area (Å²) in [6, 6.07) is 17.6. The van der Waals surface area contributed by atoms with E-state index in [2.05, 4.69) is 10.1 Å². The minimum absolute atomic E-state index is 0.0690. The van der Waals surface area contributed by atoms with Gasteiger partial charge in [-0.1, -0.05) is 36.4 Å². The van der Waals surface area contributed by atoms with Gasteiger partial charge in [0.1, 0.15) is 5.75 Å². The number of carboxylic acids is 1. The van der Waals surface area contributed by atoms with E-state index in [-0.39, 0.29) is 17.0 Å². The van der Waals surface area contributed by atoms with Gasteiger partial charge in [-0.05, 0) is 47.5 Å². The van der Waals surface area contributed by atoms with Crippen LogP contribution < -0.4 is 10.1 Å². The number of aromatic carboxylic acids is 1. The van der Waals surface area contributed by atoms with Gasteiger partial charge in [-0.15, -0.1) is 13.2 Å². The third-order valence-corrected chi connectivity index (χ3v) is 3.96. The lowest BCUT2D eigenvalue weighted by atomic mass is 10.0. The number of ether oxygens (including phenoxy) is 1. The molecular weight excluding hydrogens is 387 g/mol. The average molecular weight is 401 g/mol. The molecular formula is C21H14F3NO4. The SMILES string of the molecule is O=C(Nc1cc(-c2ccc(OC(F)(F)F)cc2)ccc1C(=O)O)c1ccccc1. The summed E-state index contributed by atoms with van der Waals surface area (Å²) in [5.74, 6) is -2.09. The second-order valence-corrected chi connectivity index (χ2v) is 5.96. The summed E-state index contributed by atoms with van der Waals surface area (Å²) in [6.45, 7) is 0. The van der Waals surface area contributed by atoms with Crippen LogP contribution in [0.4, 0.5) is 18.9 Å². The maximum Gasteiger partial charge on any atom is 0.573 e. The number of amides is 1. The summed E-state index contributed by atoms with van der Waals surface area (Å²) in [6.07, 6.45) is -4.79. The Kier molecular flexibility index (Phi) is 5.54. The van der Waals surface area contributed by atoms with Gasteiger partial charge in [0.15, 0.2) is 0 Å². The molecule has 3 aromatic rings. The van der Waals surface area contributed by atoms with Crippen molar-refractivity contribution in [3.63, 3.8) is 0 Å².